The third-order valence-electron chi connectivity index (χ3n) is 5.79. The Labute approximate surface area is 491 Å². The summed E-state index contributed by atoms with van der Waals surface area (Å²) >= 11 is 2.69. The van der Waals surface area contributed by atoms with Gasteiger partial charge in [-0.1, -0.05) is 43.9 Å². The molecule has 2 aromatic carbocycles. The number of thioether (sulfide) groups is 1. The van der Waals surface area contributed by atoms with Gasteiger partial charge < -0.3 is 54.4 Å². The number of benzene rings is 2. The Kier molecular flexibility index (Phi) is 29.3. The number of aromatic nitrogens is 7. The first-order valence-corrected chi connectivity index (χ1v) is 15.7. The fraction of sp³-hybridized carbons (Fsp3) is 0.172. The second-order valence-electron chi connectivity index (χ2n) is 10.3. The molecule has 0 amide bonds. The molecule has 0 spiro atoms. The number of nitrogen functional groups attached to an aromatic ring is 1. The van der Waals surface area contributed by atoms with E-state index >= 15 is 0 Å². The summed E-state index contributed by atoms with van der Waals surface area (Å²) in [6, 6.07) is 13.9. The van der Waals surface area contributed by atoms with Gasteiger partial charge in [-0.05, 0) is 35.6 Å². The monoisotopic (exact) mass is 886 g/mol. The summed E-state index contributed by atoms with van der Waals surface area (Å²) in [6.45, 7) is 5.76. The molecule has 5 aromatic rings. The van der Waals surface area contributed by atoms with Crippen LogP contribution in [0, 0.1) is 12.1 Å². The summed E-state index contributed by atoms with van der Waals surface area (Å²) in [4.78, 5) is 68.8. The minimum Gasteiger partial charge on any atom is -0.545 e. The number of anilines is 5. The van der Waals surface area contributed by atoms with E-state index < -0.39 is 28.5 Å². The first kappa shape index (κ1) is 56.9. The predicted octanol–water partition coefficient (Wildman–Crippen LogP) is -10.4. The number of carbonyl (C=O) groups excluding carboxylic acids is 6. The van der Waals surface area contributed by atoms with Gasteiger partial charge in [0.2, 0.25) is 11.9 Å². The summed E-state index contributed by atoms with van der Waals surface area (Å²) in [5, 5.41) is 50.5. The summed E-state index contributed by atoms with van der Waals surface area (Å²) < 4.78 is 1.98. The SMILES string of the molecule is CSc1nnc(N=Nc2c(C(C)(C)C)nn(-c3nc(Nc4c[c-]c[c-]c4)nc(Nc4cc(C(=O)[O-])cc(C(=O)[O-])c4)n3)c2N)s1.O=C=O.O=C=O.[K+].[K+].[K+].[K+]. The van der Waals surface area contributed by atoms with Crippen LogP contribution in [0.15, 0.2) is 51.0 Å². The van der Waals surface area contributed by atoms with Gasteiger partial charge in [0.05, 0.1) is 17.6 Å². The minimum atomic E-state index is -1.59. The zero-order chi connectivity index (χ0) is 37.7. The summed E-state index contributed by atoms with van der Waals surface area (Å²) in [5.41, 5.74) is 6.52. The number of nitrogens with zero attached hydrogens (tertiary/aromatic N) is 9. The molecule has 0 aliphatic rings. The minimum absolute atomic E-state index is 0. The van der Waals surface area contributed by atoms with Crippen molar-refractivity contribution in [1.82, 2.24) is 34.9 Å². The molecule has 55 heavy (non-hydrogen) atoms. The first-order chi connectivity index (χ1) is 24.2. The normalized spacial score (nSPS) is 9.75. The van der Waals surface area contributed by atoms with Gasteiger partial charge in [-0.3, -0.25) is 12.1 Å². The summed E-state index contributed by atoms with van der Waals surface area (Å²) in [5.74, 6) is -3.26. The van der Waals surface area contributed by atoms with Crippen LogP contribution in [0.3, 0.4) is 0 Å². The molecule has 0 atom stereocenters. The van der Waals surface area contributed by atoms with Crippen LogP contribution in [0.5, 0.6) is 0 Å². The predicted molar refractivity (Wildman–Crippen MR) is 172 cm³/mol. The third-order valence-corrected chi connectivity index (χ3v) is 7.57. The smallest absolute Gasteiger partial charge is 0.545 e. The number of nitrogens with two attached hydrogens (primary N) is 1. The van der Waals surface area contributed by atoms with Gasteiger partial charge >= 0.3 is 218 Å². The summed E-state index contributed by atoms with van der Waals surface area (Å²) in [7, 11) is 0. The number of azo groups is 1. The zero-order valence-electron chi connectivity index (χ0n) is 30.6. The van der Waals surface area contributed by atoms with Gasteiger partial charge in [-0.25, -0.2) is 0 Å². The molecule has 3 heterocycles. The number of carboxylic acids is 2. The molecule has 0 unspecified atom stereocenters. The van der Waals surface area contributed by atoms with Crippen LogP contribution in [-0.2, 0) is 24.6 Å². The molecule has 0 saturated carbocycles. The van der Waals surface area contributed by atoms with Gasteiger partial charge in [0, 0.05) is 11.1 Å². The number of carboxylic acid groups (broad SMARTS) is 2. The van der Waals surface area contributed by atoms with Crippen molar-refractivity contribution in [1.29, 1.82) is 0 Å². The second kappa shape index (κ2) is 28.3. The van der Waals surface area contributed by atoms with Crippen LogP contribution in [-0.4, -0.2) is 65.4 Å². The molecule has 20 nitrogen and oxygen atoms in total. The largest absolute Gasteiger partial charge is 1.00 e. The van der Waals surface area contributed by atoms with E-state index in [1.807, 2.05) is 27.0 Å². The fourth-order valence-corrected chi connectivity index (χ4v) is 4.87. The standard InChI is InChI=1S/C27H24N12O4S2.2CO2.4K/c1-27(2,3)18-17(34-35-25-36-37-26(44-4)45-25)19(28)39(38-18)24-32-22(29-15-8-6-5-7-9-15)31-23(33-24)30-16-11-13(20(40)41)10-14(12-16)21(42)43;2*2-1-3;;;;/h5,8-12H,28H2,1-4H3,(H,40,41)(H,42,43)(H2,29,30,31,32,33);;;;;;/q-2;;;4*+1/p-2. The van der Waals surface area contributed by atoms with E-state index in [0.29, 0.717) is 16.5 Å². The van der Waals surface area contributed by atoms with Crippen molar-refractivity contribution in [2.75, 3.05) is 22.6 Å². The molecular formula is C29H22K4N12O8S2. The van der Waals surface area contributed by atoms with E-state index in [-0.39, 0.29) is 253 Å². The van der Waals surface area contributed by atoms with Crippen molar-refractivity contribution in [2.45, 2.75) is 30.5 Å². The van der Waals surface area contributed by atoms with Crippen LogP contribution in [0.25, 0.3) is 5.95 Å². The quantitative estimate of drug-likeness (QED) is 0.0508. The Hall–Kier alpha value is -0.185. The van der Waals surface area contributed by atoms with E-state index in [2.05, 4.69) is 63.2 Å². The maximum atomic E-state index is 11.5. The van der Waals surface area contributed by atoms with Gasteiger partial charge in [0.15, 0.2) is 15.8 Å². The molecule has 3 aromatic heterocycles. The van der Waals surface area contributed by atoms with Gasteiger partial charge in [-0.2, -0.15) is 49.6 Å². The van der Waals surface area contributed by atoms with Crippen molar-refractivity contribution in [2.24, 2.45) is 10.2 Å². The average Bonchev–Trinajstić information content (AvgIpc) is 3.68. The van der Waals surface area contributed by atoms with Crippen molar-refractivity contribution >= 4 is 87.2 Å². The van der Waals surface area contributed by atoms with Crippen molar-refractivity contribution in [3.63, 3.8) is 0 Å². The van der Waals surface area contributed by atoms with E-state index in [4.69, 9.17) is 24.9 Å². The Morgan fingerprint density at radius 3 is 1.82 bits per heavy atom. The maximum Gasteiger partial charge on any atom is 1.00 e. The Morgan fingerprint density at radius 2 is 1.36 bits per heavy atom. The van der Waals surface area contributed by atoms with E-state index in [1.165, 1.54) is 27.8 Å². The number of rotatable bonds is 10. The number of carbonyl (C=O) groups is 2. The molecule has 0 bridgehead atoms. The Balaban J connectivity index is 0. The zero-order valence-corrected chi connectivity index (χ0v) is 44.8. The van der Waals surface area contributed by atoms with Crippen molar-refractivity contribution in [3.8, 4) is 5.95 Å². The molecular weight excluding hydrogens is 865 g/mol. The van der Waals surface area contributed by atoms with Gasteiger partial charge in [0.25, 0.3) is 11.1 Å². The van der Waals surface area contributed by atoms with E-state index in [9.17, 15) is 19.8 Å². The molecule has 0 aliphatic carbocycles. The van der Waals surface area contributed by atoms with E-state index in [0.717, 1.165) is 22.5 Å². The molecule has 0 fully saturated rings. The molecule has 262 valence electrons. The fourth-order valence-electron chi connectivity index (χ4n) is 3.79. The third kappa shape index (κ3) is 17.9. The van der Waals surface area contributed by atoms with Crippen LogP contribution in [0.1, 0.15) is 47.2 Å². The van der Waals surface area contributed by atoms with Crippen molar-refractivity contribution < 1.29 is 245 Å². The topological polar surface area (TPSA) is 306 Å². The number of hydrogen-bond donors (Lipinski definition) is 3. The molecule has 4 N–H and O–H groups in total. The van der Waals surface area contributed by atoms with Gasteiger partial charge in [0.1, 0.15) is 0 Å². The molecule has 26 heteroatoms. The van der Waals surface area contributed by atoms with Crippen LogP contribution in [0.4, 0.5) is 39.9 Å². The van der Waals surface area contributed by atoms with Crippen LogP contribution < -0.4 is 232 Å². The molecule has 0 aliphatic heterocycles. The Bertz CT molecular complexity index is 2100. The van der Waals surface area contributed by atoms with Gasteiger partial charge in [-0.15, -0.1) is 20.4 Å². The molecule has 0 radical (unpaired) electrons. The maximum absolute atomic E-state index is 11.5. The first-order valence-electron chi connectivity index (χ1n) is 13.7. The Morgan fingerprint density at radius 1 is 0.855 bits per heavy atom. The van der Waals surface area contributed by atoms with Crippen molar-refractivity contribution in [3.05, 3.63) is 65.4 Å². The second-order valence-corrected chi connectivity index (χ2v) is 12.3. The number of aromatic carboxylic acids is 2. The summed E-state index contributed by atoms with van der Waals surface area (Å²) in [6.07, 6.45) is 2.37. The van der Waals surface area contributed by atoms with E-state index in [1.54, 1.807) is 18.2 Å². The molecule has 0 saturated heterocycles. The van der Waals surface area contributed by atoms with Crippen LogP contribution in [0.2, 0.25) is 0 Å². The number of nitrogens with one attached hydrogen (secondary N) is 2. The number of hydrogen-bond acceptors (Lipinski definition) is 21. The van der Waals surface area contributed by atoms with Crippen LogP contribution >= 0.6 is 23.1 Å². The average molecular weight is 887 g/mol. The molecule has 5 rings (SSSR count).